The molecule has 2 unspecified atom stereocenters. The first-order chi connectivity index (χ1) is 11.6. The van der Waals surface area contributed by atoms with Crippen LogP contribution in [0.15, 0.2) is 40.8 Å². The second-order valence-electron chi connectivity index (χ2n) is 8.21. The van der Waals surface area contributed by atoms with Gasteiger partial charge in [-0.1, -0.05) is 25.1 Å². The molecule has 2 aromatic carbocycles. The van der Waals surface area contributed by atoms with Crippen molar-refractivity contribution in [2.24, 2.45) is 5.41 Å². The Morgan fingerprint density at radius 1 is 1.04 bits per heavy atom. The highest BCUT2D eigenvalue weighted by Crippen LogP contribution is 2.53. The van der Waals surface area contributed by atoms with Crippen LogP contribution < -0.4 is 0 Å². The zero-order valence-corrected chi connectivity index (χ0v) is 14.8. The third kappa shape index (κ3) is 1.86. The van der Waals surface area contributed by atoms with Crippen molar-refractivity contribution >= 4 is 21.9 Å². The number of furan rings is 1. The summed E-state index contributed by atoms with van der Waals surface area (Å²) in [5.74, 6) is 0.623. The molecule has 3 aliphatic heterocycles. The van der Waals surface area contributed by atoms with Gasteiger partial charge >= 0.3 is 0 Å². The molecule has 124 valence electrons. The molecule has 3 aromatic rings. The van der Waals surface area contributed by atoms with Gasteiger partial charge in [0.05, 0.1) is 0 Å². The van der Waals surface area contributed by atoms with Crippen molar-refractivity contribution in [3.8, 4) is 0 Å². The molecule has 2 nitrogen and oxygen atoms in total. The van der Waals surface area contributed by atoms with Crippen molar-refractivity contribution in [1.82, 2.24) is 4.90 Å². The lowest BCUT2D eigenvalue weighted by molar-refractivity contribution is -0.0269. The van der Waals surface area contributed by atoms with Crippen LogP contribution in [0.1, 0.15) is 43.7 Å². The van der Waals surface area contributed by atoms with Crippen molar-refractivity contribution in [2.45, 2.75) is 45.6 Å². The third-order valence-corrected chi connectivity index (χ3v) is 6.85. The minimum absolute atomic E-state index is 0.437. The van der Waals surface area contributed by atoms with Crippen molar-refractivity contribution in [1.29, 1.82) is 0 Å². The Morgan fingerprint density at radius 2 is 1.79 bits per heavy atom. The molecule has 2 heteroatoms. The number of benzene rings is 2. The molecule has 6 rings (SSSR count). The van der Waals surface area contributed by atoms with E-state index >= 15 is 0 Å². The van der Waals surface area contributed by atoms with Crippen LogP contribution in [0.5, 0.6) is 0 Å². The molecule has 0 radical (unpaired) electrons. The highest BCUT2D eigenvalue weighted by Gasteiger charge is 2.48. The Hall–Kier alpha value is -1.80. The minimum Gasteiger partial charge on any atom is -0.456 e. The molecule has 0 aliphatic carbocycles. The van der Waals surface area contributed by atoms with E-state index in [9.17, 15) is 0 Å². The van der Waals surface area contributed by atoms with Gasteiger partial charge in [-0.05, 0) is 74.5 Å². The molecule has 2 atom stereocenters. The van der Waals surface area contributed by atoms with Gasteiger partial charge in [-0.3, -0.25) is 4.90 Å². The van der Waals surface area contributed by atoms with Crippen LogP contribution in [0.2, 0.25) is 0 Å². The van der Waals surface area contributed by atoms with E-state index in [1.165, 1.54) is 47.8 Å². The van der Waals surface area contributed by atoms with E-state index in [4.69, 9.17) is 4.42 Å². The monoisotopic (exact) mass is 319 g/mol. The van der Waals surface area contributed by atoms with E-state index in [0.717, 1.165) is 11.2 Å². The quantitative estimate of drug-likeness (QED) is 0.590. The molecule has 0 N–H and O–H groups in total. The minimum atomic E-state index is 0.437. The molecule has 2 bridgehead atoms. The van der Waals surface area contributed by atoms with Gasteiger partial charge in [-0.15, -0.1) is 0 Å². The average molecular weight is 319 g/mol. The predicted molar refractivity (Wildman–Crippen MR) is 99.6 cm³/mol. The first-order valence-electron chi connectivity index (χ1n) is 9.23. The van der Waals surface area contributed by atoms with Gasteiger partial charge in [0.1, 0.15) is 11.2 Å². The van der Waals surface area contributed by atoms with Gasteiger partial charge in [0, 0.05) is 22.7 Å². The van der Waals surface area contributed by atoms with Crippen LogP contribution >= 0.6 is 0 Å². The van der Waals surface area contributed by atoms with Crippen LogP contribution in [0, 0.1) is 12.3 Å². The molecule has 0 saturated carbocycles. The number of piperidine rings is 3. The van der Waals surface area contributed by atoms with Crippen LogP contribution in [0.4, 0.5) is 0 Å². The molecule has 24 heavy (non-hydrogen) atoms. The second-order valence-corrected chi connectivity index (χ2v) is 8.21. The molecule has 4 heterocycles. The predicted octanol–water partition coefficient (Wildman–Crippen LogP) is 5.48. The number of fused-ring (bicyclic) bond motifs is 6. The fourth-order valence-corrected chi connectivity index (χ4v) is 5.41. The van der Waals surface area contributed by atoms with Crippen LogP contribution in [0.3, 0.4) is 0 Å². The van der Waals surface area contributed by atoms with E-state index in [0.29, 0.717) is 17.4 Å². The summed E-state index contributed by atoms with van der Waals surface area (Å²) in [6.07, 6.45) is 2.65. The first kappa shape index (κ1) is 14.5. The zero-order valence-electron chi connectivity index (χ0n) is 14.8. The van der Waals surface area contributed by atoms with Gasteiger partial charge in [0.15, 0.2) is 0 Å². The van der Waals surface area contributed by atoms with Gasteiger partial charge in [-0.2, -0.15) is 0 Å². The van der Waals surface area contributed by atoms with Crippen molar-refractivity contribution in [3.05, 3.63) is 47.5 Å². The van der Waals surface area contributed by atoms with Crippen LogP contribution in [-0.2, 0) is 0 Å². The summed E-state index contributed by atoms with van der Waals surface area (Å²) in [5, 5.41) is 2.52. The van der Waals surface area contributed by atoms with Crippen LogP contribution in [0.25, 0.3) is 21.9 Å². The number of aryl methyl sites for hydroxylation is 1. The van der Waals surface area contributed by atoms with Crippen molar-refractivity contribution in [2.75, 3.05) is 13.1 Å². The third-order valence-electron chi connectivity index (χ3n) is 6.85. The Morgan fingerprint density at radius 3 is 2.54 bits per heavy atom. The Labute approximate surface area is 143 Å². The Balaban J connectivity index is 1.74. The maximum atomic E-state index is 6.08. The van der Waals surface area contributed by atoms with E-state index < -0.39 is 0 Å². The van der Waals surface area contributed by atoms with E-state index in [-0.39, 0.29) is 0 Å². The summed E-state index contributed by atoms with van der Waals surface area (Å²) in [6, 6.07) is 13.7. The lowest BCUT2D eigenvalue weighted by Gasteiger charge is -2.56. The maximum Gasteiger partial charge on any atom is 0.135 e. The molecule has 3 aliphatic rings. The summed E-state index contributed by atoms with van der Waals surface area (Å²) < 4.78 is 6.08. The summed E-state index contributed by atoms with van der Waals surface area (Å²) >= 11 is 0. The average Bonchev–Trinajstić information content (AvgIpc) is 2.92. The maximum absolute atomic E-state index is 6.08. The number of hydrogen-bond donors (Lipinski definition) is 0. The molecule has 0 spiro atoms. The number of para-hydroxylation sites is 1. The molecule has 0 amide bonds. The normalized spacial score (nSPS) is 32.7. The molecular formula is C22H25NO. The summed E-state index contributed by atoms with van der Waals surface area (Å²) in [7, 11) is 0. The Kier molecular flexibility index (Phi) is 2.94. The zero-order chi connectivity index (χ0) is 16.5. The number of rotatable bonds is 1. The van der Waals surface area contributed by atoms with Crippen LogP contribution in [-0.4, -0.2) is 24.0 Å². The highest BCUT2D eigenvalue weighted by atomic mass is 16.3. The highest BCUT2D eigenvalue weighted by molar-refractivity contribution is 6.05. The summed E-state index contributed by atoms with van der Waals surface area (Å²) in [5.41, 5.74) is 5.38. The SMILES string of the molecule is Cc1cc2oc3ccccc3c2cc1C1C(C)N2CCC1(C)CC2. The van der Waals surface area contributed by atoms with E-state index in [1.54, 1.807) is 0 Å². The van der Waals surface area contributed by atoms with Gasteiger partial charge < -0.3 is 4.42 Å². The first-order valence-corrected chi connectivity index (χ1v) is 9.23. The lowest BCUT2D eigenvalue weighted by atomic mass is 9.60. The largest absolute Gasteiger partial charge is 0.456 e. The second kappa shape index (κ2) is 4.86. The van der Waals surface area contributed by atoms with Gasteiger partial charge in [-0.25, -0.2) is 0 Å². The summed E-state index contributed by atoms with van der Waals surface area (Å²) in [4.78, 5) is 2.69. The van der Waals surface area contributed by atoms with Gasteiger partial charge in [0.2, 0.25) is 0 Å². The van der Waals surface area contributed by atoms with Gasteiger partial charge in [0.25, 0.3) is 0 Å². The number of nitrogens with zero attached hydrogens (tertiary/aromatic N) is 1. The fourth-order valence-electron chi connectivity index (χ4n) is 5.41. The Bertz CT molecular complexity index is 930. The molecule has 1 aromatic heterocycles. The molecule has 3 fully saturated rings. The lowest BCUT2D eigenvalue weighted by Crippen LogP contribution is -2.57. The fraction of sp³-hybridized carbons (Fsp3) is 0.455. The molecule has 3 saturated heterocycles. The standard InChI is InChI=1S/C22H25NO/c1-14-12-20-18(16-6-4-5-7-19(16)24-20)13-17(14)21-15(2)23-10-8-22(21,3)9-11-23/h4-7,12-13,15,21H,8-11H2,1-3H3. The number of hydrogen-bond acceptors (Lipinski definition) is 2. The smallest absolute Gasteiger partial charge is 0.135 e. The van der Waals surface area contributed by atoms with E-state index in [1.807, 2.05) is 0 Å². The van der Waals surface area contributed by atoms with Crippen molar-refractivity contribution < 1.29 is 4.42 Å². The topological polar surface area (TPSA) is 16.4 Å². The molecular weight excluding hydrogens is 294 g/mol. The summed E-state index contributed by atoms with van der Waals surface area (Å²) in [6.45, 7) is 9.74. The van der Waals surface area contributed by atoms with Crippen molar-refractivity contribution in [3.63, 3.8) is 0 Å². The van der Waals surface area contributed by atoms with E-state index in [2.05, 4.69) is 62.1 Å².